The number of hydrogen-bond acceptors (Lipinski definition) is 6. The van der Waals surface area contributed by atoms with Crippen molar-refractivity contribution >= 4 is 21.6 Å². The molecule has 2 aliphatic rings. The van der Waals surface area contributed by atoms with Crippen LogP contribution in [0.4, 0.5) is 0 Å². The quantitative estimate of drug-likeness (QED) is 0.228. The molecule has 0 aliphatic carbocycles. The number of hydrazone groups is 1. The number of rotatable bonds is 10. The molecule has 3 aromatic rings. The summed E-state index contributed by atoms with van der Waals surface area (Å²) in [5.74, 6) is 3.18. The molecule has 0 saturated heterocycles. The van der Waals surface area contributed by atoms with Gasteiger partial charge in [-0.1, -0.05) is 35.7 Å². The first-order valence-corrected chi connectivity index (χ1v) is 14.2. The molecule has 5 rings (SSSR count). The molecule has 6 nitrogen and oxygen atoms in total. The molecule has 7 heteroatoms. The fraction of sp³-hybridized carbons (Fsp3) is 0.387. The lowest BCUT2D eigenvalue weighted by atomic mass is 9.96. The van der Waals surface area contributed by atoms with Gasteiger partial charge in [-0.15, -0.1) is 0 Å². The van der Waals surface area contributed by atoms with E-state index in [0.29, 0.717) is 12.4 Å². The fourth-order valence-corrected chi connectivity index (χ4v) is 5.32. The van der Waals surface area contributed by atoms with Gasteiger partial charge in [-0.05, 0) is 86.5 Å². The van der Waals surface area contributed by atoms with Crippen LogP contribution in [-0.2, 0) is 0 Å². The minimum Gasteiger partial charge on any atom is -0.493 e. The molecule has 0 bridgehead atoms. The van der Waals surface area contributed by atoms with Crippen LogP contribution >= 0.6 is 15.9 Å². The topological polar surface area (TPSA) is 52.5 Å². The Morgan fingerprint density at radius 2 is 1.84 bits per heavy atom. The summed E-state index contributed by atoms with van der Waals surface area (Å²) in [6, 6.07) is 20.5. The number of ether oxygens (including phenoxy) is 4. The van der Waals surface area contributed by atoms with E-state index in [2.05, 4.69) is 52.1 Å². The number of nitrogens with zero attached hydrogens (tertiary/aromatic N) is 2. The normalized spacial score (nSPS) is 17.9. The molecule has 200 valence electrons. The smallest absolute Gasteiger partial charge is 0.214 e. The molecule has 0 fully saturated rings. The summed E-state index contributed by atoms with van der Waals surface area (Å²) in [5, 5.41) is 7.18. The molecule has 0 aromatic heterocycles. The second kappa shape index (κ2) is 11.7. The first-order valence-electron chi connectivity index (χ1n) is 13.4. The molecule has 0 unspecified atom stereocenters. The minimum absolute atomic E-state index is 0.0544. The van der Waals surface area contributed by atoms with Gasteiger partial charge >= 0.3 is 0 Å². The average molecular weight is 580 g/mol. The summed E-state index contributed by atoms with van der Waals surface area (Å²) in [7, 11) is 1.67. The van der Waals surface area contributed by atoms with Crippen molar-refractivity contribution in [1.29, 1.82) is 0 Å². The van der Waals surface area contributed by atoms with Crippen LogP contribution in [-0.4, -0.2) is 30.5 Å². The molecule has 2 aliphatic heterocycles. The molecule has 0 saturated carbocycles. The summed E-state index contributed by atoms with van der Waals surface area (Å²) in [5.41, 5.74) is 4.19. The van der Waals surface area contributed by atoms with Crippen LogP contribution in [0.25, 0.3) is 0 Å². The number of methoxy groups -OCH3 is 1. The van der Waals surface area contributed by atoms with E-state index in [4.69, 9.17) is 24.0 Å². The van der Waals surface area contributed by atoms with Crippen LogP contribution in [0, 0.1) is 0 Å². The fourth-order valence-electron chi connectivity index (χ4n) is 4.94. The van der Waals surface area contributed by atoms with E-state index in [0.717, 1.165) is 69.8 Å². The standard InChI is InChI=1S/C31H35BrN2O4/c1-5-6-7-16-36-29-14-10-22(17-30(29)35-4)31-34-27(25-18-23(32)11-15-28(25)38-31)19-26(33-34)21-8-12-24(13-9-21)37-20(2)3/h8-15,17-18,20,27,31H,5-7,16,19H2,1-4H3/t27-,31+/m0/s1. The van der Waals surface area contributed by atoms with Crippen molar-refractivity contribution in [2.75, 3.05) is 13.7 Å². The highest BCUT2D eigenvalue weighted by atomic mass is 79.9. The minimum atomic E-state index is -0.391. The molecule has 2 atom stereocenters. The van der Waals surface area contributed by atoms with Gasteiger partial charge in [0.1, 0.15) is 11.5 Å². The van der Waals surface area contributed by atoms with Crippen molar-refractivity contribution in [3.05, 3.63) is 81.8 Å². The predicted molar refractivity (Wildman–Crippen MR) is 153 cm³/mol. The molecule has 2 heterocycles. The van der Waals surface area contributed by atoms with Crippen LogP contribution in [0.1, 0.15) is 75.4 Å². The molecular weight excluding hydrogens is 544 g/mol. The summed E-state index contributed by atoms with van der Waals surface area (Å²) >= 11 is 3.64. The Morgan fingerprint density at radius 1 is 1.03 bits per heavy atom. The van der Waals surface area contributed by atoms with Gasteiger partial charge in [0.2, 0.25) is 6.23 Å². The number of benzene rings is 3. The Bertz CT molecular complexity index is 1290. The van der Waals surface area contributed by atoms with Crippen LogP contribution in [0.2, 0.25) is 0 Å². The van der Waals surface area contributed by atoms with Gasteiger partial charge in [0, 0.05) is 22.0 Å². The van der Waals surface area contributed by atoms with Crippen LogP contribution < -0.4 is 18.9 Å². The Morgan fingerprint density at radius 3 is 2.58 bits per heavy atom. The lowest BCUT2D eigenvalue weighted by Crippen LogP contribution is -2.33. The second-order valence-electron chi connectivity index (χ2n) is 9.96. The Labute approximate surface area is 233 Å². The predicted octanol–water partition coefficient (Wildman–Crippen LogP) is 8.06. The summed E-state index contributed by atoms with van der Waals surface area (Å²) < 4.78 is 25.1. The van der Waals surface area contributed by atoms with E-state index in [1.54, 1.807) is 7.11 Å². The van der Waals surface area contributed by atoms with Gasteiger partial charge in [-0.25, -0.2) is 5.01 Å². The Kier molecular flexibility index (Phi) is 8.12. The number of halogens is 1. The molecular formula is C31H35BrN2O4. The first kappa shape index (κ1) is 26.4. The SMILES string of the molecule is CCCCCOc1ccc([C@H]2Oc3ccc(Br)cc3[C@@H]3CC(c4ccc(OC(C)C)cc4)=NN23)cc1OC. The third kappa shape index (κ3) is 5.63. The highest BCUT2D eigenvalue weighted by molar-refractivity contribution is 9.10. The molecule has 0 radical (unpaired) electrons. The van der Waals surface area contributed by atoms with Crippen LogP contribution in [0.3, 0.4) is 0 Å². The van der Waals surface area contributed by atoms with E-state index in [1.165, 1.54) is 0 Å². The zero-order chi connectivity index (χ0) is 26.6. The van der Waals surface area contributed by atoms with Gasteiger partial charge in [0.25, 0.3) is 0 Å². The van der Waals surface area contributed by atoms with Crippen molar-refractivity contribution in [2.45, 2.75) is 64.8 Å². The zero-order valence-electron chi connectivity index (χ0n) is 22.4. The summed E-state index contributed by atoms with van der Waals surface area (Å²) in [4.78, 5) is 0. The third-order valence-corrected chi connectivity index (χ3v) is 7.28. The first-order chi connectivity index (χ1) is 18.5. The monoisotopic (exact) mass is 578 g/mol. The van der Waals surface area contributed by atoms with Crippen molar-refractivity contribution in [3.63, 3.8) is 0 Å². The lowest BCUT2D eigenvalue weighted by molar-refractivity contribution is -0.0192. The highest BCUT2D eigenvalue weighted by Gasteiger charge is 2.41. The van der Waals surface area contributed by atoms with Crippen molar-refractivity contribution in [2.24, 2.45) is 5.10 Å². The number of unbranched alkanes of at least 4 members (excludes halogenated alkanes) is 2. The highest BCUT2D eigenvalue weighted by Crippen LogP contribution is 2.49. The van der Waals surface area contributed by atoms with Crippen molar-refractivity contribution in [1.82, 2.24) is 5.01 Å². The van der Waals surface area contributed by atoms with Gasteiger partial charge in [-0.2, -0.15) is 5.10 Å². The van der Waals surface area contributed by atoms with Gasteiger partial charge in [-0.3, -0.25) is 0 Å². The van der Waals surface area contributed by atoms with E-state index in [9.17, 15) is 0 Å². The maximum absolute atomic E-state index is 6.57. The number of hydrogen-bond donors (Lipinski definition) is 0. The molecule has 0 N–H and O–H groups in total. The van der Waals surface area contributed by atoms with Gasteiger partial charge < -0.3 is 18.9 Å². The van der Waals surface area contributed by atoms with Crippen LogP contribution in [0.15, 0.2) is 70.2 Å². The molecule has 38 heavy (non-hydrogen) atoms. The largest absolute Gasteiger partial charge is 0.493 e. The second-order valence-corrected chi connectivity index (χ2v) is 10.9. The van der Waals surface area contributed by atoms with E-state index in [-0.39, 0.29) is 12.1 Å². The van der Waals surface area contributed by atoms with E-state index in [1.807, 2.05) is 50.2 Å². The lowest BCUT2D eigenvalue weighted by Gasteiger charge is -2.38. The van der Waals surface area contributed by atoms with E-state index < -0.39 is 6.23 Å². The zero-order valence-corrected chi connectivity index (χ0v) is 24.0. The molecule has 0 spiro atoms. The van der Waals surface area contributed by atoms with Crippen LogP contribution in [0.5, 0.6) is 23.0 Å². The molecule has 3 aromatic carbocycles. The molecule has 0 amide bonds. The Hall–Kier alpha value is -3.19. The summed E-state index contributed by atoms with van der Waals surface area (Å²) in [6.45, 7) is 6.92. The Balaban J connectivity index is 1.46. The number of fused-ring (bicyclic) bond motifs is 3. The third-order valence-electron chi connectivity index (χ3n) is 6.79. The summed E-state index contributed by atoms with van der Waals surface area (Å²) in [6.07, 6.45) is 3.86. The maximum Gasteiger partial charge on any atom is 0.214 e. The van der Waals surface area contributed by atoms with Gasteiger partial charge in [0.15, 0.2) is 11.5 Å². The average Bonchev–Trinajstić information content (AvgIpc) is 3.37. The van der Waals surface area contributed by atoms with Gasteiger partial charge in [0.05, 0.1) is 31.6 Å². The van der Waals surface area contributed by atoms with Crippen molar-refractivity contribution < 1.29 is 18.9 Å². The maximum atomic E-state index is 6.57. The van der Waals surface area contributed by atoms with E-state index >= 15 is 0 Å². The van der Waals surface area contributed by atoms with Crippen molar-refractivity contribution in [3.8, 4) is 23.0 Å².